The number of pyridine rings is 1. The topological polar surface area (TPSA) is 15.8 Å². The lowest BCUT2D eigenvalue weighted by Crippen LogP contribution is -1.96. The van der Waals surface area contributed by atoms with Crippen LogP contribution in [0.1, 0.15) is 17.9 Å². The summed E-state index contributed by atoms with van der Waals surface area (Å²) in [5.74, 6) is 3.33. The molecule has 12 heavy (non-hydrogen) atoms. The second-order valence-electron chi connectivity index (χ2n) is 3.05. The zero-order chi connectivity index (χ0) is 8.39. The first kappa shape index (κ1) is 8.32. The molecule has 64 valence electrons. The second-order valence-corrected chi connectivity index (χ2v) is 4.64. The van der Waals surface area contributed by atoms with Gasteiger partial charge in [-0.25, -0.2) is 0 Å². The summed E-state index contributed by atoms with van der Waals surface area (Å²) in [7, 11) is 0. The molecule has 1 aliphatic heterocycles. The van der Waals surface area contributed by atoms with Gasteiger partial charge in [0.25, 0.3) is 0 Å². The normalized spacial score (nSPS) is 22.8. The van der Waals surface area contributed by atoms with E-state index in [-0.39, 0.29) is 0 Å². The fraction of sp³-hybridized carbons (Fsp3) is 0.444. The van der Waals surface area contributed by atoms with Gasteiger partial charge in [-0.15, -0.1) is 0 Å². The number of H-pyrrole nitrogens is 1. The van der Waals surface area contributed by atoms with E-state index < -0.39 is 0 Å². The highest BCUT2D eigenvalue weighted by atomic mass is 32.2. The lowest BCUT2D eigenvalue weighted by molar-refractivity contribution is 0.777. The van der Waals surface area contributed by atoms with Crippen LogP contribution in [0, 0.1) is 4.64 Å². The largest absolute Gasteiger partial charge is 0.353 e. The second kappa shape index (κ2) is 3.62. The third-order valence-corrected chi connectivity index (χ3v) is 3.63. The molecule has 0 spiro atoms. The maximum atomic E-state index is 4.99. The van der Waals surface area contributed by atoms with Gasteiger partial charge in [0, 0.05) is 11.9 Å². The van der Waals surface area contributed by atoms with Gasteiger partial charge in [0.05, 0.1) is 0 Å². The van der Waals surface area contributed by atoms with E-state index in [1.807, 2.05) is 17.8 Å². The first-order valence-corrected chi connectivity index (χ1v) is 5.69. The smallest absolute Gasteiger partial charge is 0.103 e. The summed E-state index contributed by atoms with van der Waals surface area (Å²) in [5, 5.41) is 0. The van der Waals surface area contributed by atoms with Crippen LogP contribution in [0.2, 0.25) is 0 Å². The Balaban J connectivity index is 2.22. The molecule has 2 heterocycles. The minimum Gasteiger partial charge on any atom is -0.353 e. The Kier molecular flexibility index (Phi) is 2.51. The predicted octanol–water partition coefficient (Wildman–Crippen LogP) is 2.96. The van der Waals surface area contributed by atoms with Gasteiger partial charge in [-0.1, -0.05) is 18.3 Å². The first-order chi connectivity index (χ1) is 5.86. The Labute approximate surface area is 81.6 Å². The molecule has 1 aromatic rings. The van der Waals surface area contributed by atoms with Crippen molar-refractivity contribution < 1.29 is 0 Å². The summed E-state index contributed by atoms with van der Waals surface area (Å²) in [6, 6.07) is 4.13. The van der Waals surface area contributed by atoms with E-state index in [1.165, 1.54) is 23.5 Å². The summed E-state index contributed by atoms with van der Waals surface area (Å²) < 4.78 is 0.824. The maximum absolute atomic E-state index is 4.99. The molecule has 2 rings (SSSR count). The van der Waals surface area contributed by atoms with Crippen LogP contribution in [0.3, 0.4) is 0 Å². The highest BCUT2D eigenvalue weighted by molar-refractivity contribution is 7.99. The van der Waals surface area contributed by atoms with Crippen LogP contribution in [0.5, 0.6) is 0 Å². The van der Waals surface area contributed by atoms with Crippen molar-refractivity contribution >= 4 is 24.0 Å². The number of nitrogens with one attached hydrogen (secondary N) is 1. The molecule has 0 aliphatic carbocycles. The van der Waals surface area contributed by atoms with Gasteiger partial charge in [0.1, 0.15) is 4.64 Å². The highest BCUT2D eigenvalue weighted by Crippen LogP contribution is 2.31. The fourth-order valence-corrected chi connectivity index (χ4v) is 2.86. The van der Waals surface area contributed by atoms with Crippen molar-refractivity contribution in [3.8, 4) is 0 Å². The molecule has 1 unspecified atom stereocenters. The van der Waals surface area contributed by atoms with Gasteiger partial charge in [0.2, 0.25) is 0 Å². The SMILES string of the molecule is S=c1ccc(C2CCSC2)c[nH]1. The van der Waals surface area contributed by atoms with Crippen molar-refractivity contribution in [2.24, 2.45) is 0 Å². The van der Waals surface area contributed by atoms with Crippen LogP contribution in [-0.4, -0.2) is 16.5 Å². The molecule has 0 bridgehead atoms. The molecular weight excluding hydrogens is 186 g/mol. The quantitative estimate of drug-likeness (QED) is 0.697. The minimum absolute atomic E-state index is 0.752. The van der Waals surface area contributed by atoms with E-state index in [0.717, 1.165) is 10.6 Å². The summed E-state index contributed by atoms with van der Waals surface area (Å²) in [6.45, 7) is 0. The fourth-order valence-electron chi connectivity index (χ4n) is 1.47. The number of rotatable bonds is 1. The monoisotopic (exact) mass is 197 g/mol. The van der Waals surface area contributed by atoms with Crippen LogP contribution in [0.15, 0.2) is 18.3 Å². The minimum atomic E-state index is 0.752. The number of hydrogen-bond donors (Lipinski definition) is 1. The molecule has 1 aliphatic rings. The van der Waals surface area contributed by atoms with Crippen molar-refractivity contribution in [2.75, 3.05) is 11.5 Å². The Morgan fingerprint density at radius 2 is 2.42 bits per heavy atom. The molecule has 0 aromatic carbocycles. The van der Waals surface area contributed by atoms with E-state index in [4.69, 9.17) is 12.2 Å². The molecule has 3 heteroatoms. The molecule has 1 N–H and O–H groups in total. The third-order valence-electron chi connectivity index (χ3n) is 2.21. The molecule has 0 saturated carbocycles. The Morgan fingerprint density at radius 3 is 3.00 bits per heavy atom. The van der Waals surface area contributed by atoms with Crippen molar-refractivity contribution in [2.45, 2.75) is 12.3 Å². The van der Waals surface area contributed by atoms with Crippen LogP contribution in [-0.2, 0) is 0 Å². The van der Waals surface area contributed by atoms with Gasteiger partial charge in [-0.3, -0.25) is 0 Å². The number of thioether (sulfide) groups is 1. The zero-order valence-corrected chi connectivity index (χ0v) is 8.38. The molecule has 0 amide bonds. The summed E-state index contributed by atoms with van der Waals surface area (Å²) in [4.78, 5) is 3.08. The summed E-state index contributed by atoms with van der Waals surface area (Å²) >= 11 is 7.03. The van der Waals surface area contributed by atoms with Gasteiger partial charge in [-0.2, -0.15) is 11.8 Å². The molecule has 1 fully saturated rings. The predicted molar refractivity (Wildman–Crippen MR) is 56.3 cm³/mol. The Morgan fingerprint density at radius 1 is 1.50 bits per heavy atom. The average Bonchev–Trinajstić information content (AvgIpc) is 2.58. The molecule has 0 radical (unpaired) electrons. The highest BCUT2D eigenvalue weighted by Gasteiger charge is 2.16. The standard InChI is InChI=1S/C9H11NS2/c11-9-2-1-7(5-10-9)8-3-4-12-6-8/h1-2,5,8H,3-4,6H2,(H,10,11). The van der Waals surface area contributed by atoms with Crippen molar-refractivity contribution in [1.82, 2.24) is 4.98 Å². The molecule has 1 aromatic heterocycles. The molecule has 1 saturated heterocycles. The number of hydrogen-bond acceptors (Lipinski definition) is 2. The van der Waals surface area contributed by atoms with Gasteiger partial charge in [0.15, 0.2) is 0 Å². The van der Waals surface area contributed by atoms with Crippen LogP contribution in [0.25, 0.3) is 0 Å². The number of aromatic amines is 1. The van der Waals surface area contributed by atoms with Crippen molar-refractivity contribution in [1.29, 1.82) is 0 Å². The lowest BCUT2D eigenvalue weighted by atomic mass is 10.0. The van der Waals surface area contributed by atoms with Crippen molar-refractivity contribution in [3.63, 3.8) is 0 Å². The van der Waals surface area contributed by atoms with Gasteiger partial charge >= 0.3 is 0 Å². The third kappa shape index (κ3) is 1.72. The van der Waals surface area contributed by atoms with E-state index in [2.05, 4.69) is 17.2 Å². The average molecular weight is 197 g/mol. The molecule has 1 atom stereocenters. The van der Waals surface area contributed by atoms with Crippen molar-refractivity contribution in [3.05, 3.63) is 28.5 Å². The Bertz CT molecular complexity index is 292. The molecule has 1 nitrogen and oxygen atoms in total. The van der Waals surface area contributed by atoms with Crippen LogP contribution >= 0.6 is 24.0 Å². The van der Waals surface area contributed by atoms with E-state index in [1.54, 1.807) is 0 Å². The lowest BCUT2D eigenvalue weighted by Gasteiger charge is -2.06. The first-order valence-electron chi connectivity index (χ1n) is 4.12. The van der Waals surface area contributed by atoms with Crippen LogP contribution < -0.4 is 0 Å². The van der Waals surface area contributed by atoms with Crippen LogP contribution in [0.4, 0.5) is 0 Å². The van der Waals surface area contributed by atoms with E-state index in [0.29, 0.717) is 0 Å². The van der Waals surface area contributed by atoms with E-state index in [9.17, 15) is 0 Å². The summed E-state index contributed by atoms with van der Waals surface area (Å²) in [5.41, 5.74) is 1.41. The number of aromatic nitrogens is 1. The van der Waals surface area contributed by atoms with Gasteiger partial charge in [-0.05, 0) is 29.7 Å². The zero-order valence-electron chi connectivity index (χ0n) is 6.75. The summed E-state index contributed by atoms with van der Waals surface area (Å²) in [6.07, 6.45) is 3.37. The maximum Gasteiger partial charge on any atom is 0.103 e. The Hall–Kier alpha value is -0.280. The van der Waals surface area contributed by atoms with E-state index >= 15 is 0 Å². The van der Waals surface area contributed by atoms with Gasteiger partial charge < -0.3 is 4.98 Å². The molecular formula is C9H11NS2.